The molecule has 0 unspecified atom stereocenters. The van der Waals surface area contributed by atoms with E-state index >= 15 is 0 Å². The zero-order chi connectivity index (χ0) is 18.0. The maximum atomic E-state index is 12.8. The lowest BCUT2D eigenvalue weighted by Crippen LogP contribution is -2.45. The summed E-state index contributed by atoms with van der Waals surface area (Å²) in [5.41, 5.74) is 2.08. The third-order valence-corrected chi connectivity index (χ3v) is 5.55. The normalized spacial score (nSPS) is 22.0. The average molecular weight is 359 g/mol. The second-order valence-corrected chi connectivity index (χ2v) is 8.47. The van der Waals surface area contributed by atoms with Gasteiger partial charge in [-0.05, 0) is 54.7 Å². The number of amides is 1. The van der Waals surface area contributed by atoms with Crippen LogP contribution in [-0.4, -0.2) is 49.4 Å². The molecule has 0 bridgehead atoms. The van der Waals surface area contributed by atoms with E-state index in [-0.39, 0.29) is 11.2 Å². The quantitative estimate of drug-likeness (QED) is 0.785. The largest absolute Gasteiger partial charge is 0.341 e. The number of tetrazole rings is 1. The molecule has 134 valence electrons. The van der Waals surface area contributed by atoms with E-state index in [1.165, 1.54) is 23.7 Å². The molecule has 1 aromatic heterocycles. The number of aryl methyl sites for hydroxylation is 1. The van der Waals surface area contributed by atoms with E-state index in [0.717, 1.165) is 18.8 Å². The summed E-state index contributed by atoms with van der Waals surface area (Å²) in [6, 6.07) is 8.01. The van der Waals surface area contributed by atoms with Crippen molar-refractivity contribution in [2.45, 2.75) is 44.5 Å². The minimum atomic E-state index is -0.215. The van der Waals surface area contributed by atoms with E-state index in [0.29, 0.717) is 17.0 Å². The Morgan fingerprint density at radius 3 is 2.48 bits per heavy atom. The van der Waals surface area contributed by atoms with Crippen molar-refractivity contribution >= 4 is 17.7 Å². The number of rotatable bonds is 4. The standard InChI is InChI=1S/C18H25N5OS/c1-12-5-7-16(8-6-12)23-18(19-20-21-23)25-15(4)17(24)22-10-13(2)9-14(3)11-22/h5-8,13-15H,9-11H2,1-4H3/t13-,14-,15-/m0/s1. The monoisotopic (exact) mass is 359 g/mol. The molecule has 0 N–H and O–H groups in total. The van der Waals surface area contributed by atoms with Crippen molar-refractivity contribution in [1.82, 2.24) is 25.1 Å². The summed E-state index contributed by atoms with van der Waals surface area (Å²) in [5.74, 6) is 1.28. The number of hydrogen-bond donors (Lipinski definition) is 0. The number of carbonyl (C=O) groups is 1. The van der Waals surface area contributed by atoms with E-state index in [9.17, 15) is 4.79 Å². The second kappa shape index (κ2) is 7.56. The van der Waals surface area contributed by atoms with Crippen molar-refractivity contribution in [2.75, 3.05) is 13.1 Å². The molecule has 2 aromatic rings. The van der Waals surface area contributed by atoms with Gasteiger partial charge in [0, 0.05) is 13.1 Å². The van der Waals surface area contributed by atoms with Gasteiger partial charge in [-0.2, -0.15) is 4.68 Å². The summed E-state index contributed by atoms with van der Waals surface area (Å²) in [4.78, 5) is 14.8. The van der Waals surface area contributed by atoms with Gasteiger partial charge in [-0.3, -0.25) is 4.79 Å². The highest BCUT2D eigenvalue weighted by atomic mass is 32.2. The van der Waals surface area contributed by atoms with Crippen molar-refractivity contribution in [3.8, 4) is 5.69 Å². The van der Waals surface area contributed by atoms with Gasteiger partial charge in [0.1, 0.15) is 0 Å². The minimum absolute atomic E-state index is 0.168. The zero-order valence-electron chi connectivity index (χ0n) is 15.2. The van der Waals surface area contributed by atoms with Gasteiger partial charge >= 0.3 is 0 Å². The zero-order valence-corrected chi connectivity index (χ0v) is 16.0. The molecule has 3 atom stereocenters. The Morgan fingerprint density at radius 1 is 1.20 bits per heavy atom. The Balaban J connectivity index is 1.71. The molecule has 1 fully saturated rings. The molecule has 0 radical (unpaired) electrons. The Morgan fingerprint density at radius 2 is 1.84 bits per heavy atom. The first-order valence-corrected chi connectivity index (χ1v) is 9.63. The first-order valence-electron chi connectivity index (χ1n) is 8.75. The van der Waals surface area contributed by atoms with Crippen LogP contribution in [0.4, 0.5) is 0 Å². The van der Waals surface area contributed by atoms with Crippen molar-refractivity contribution < 1.29 is 4.79 Å². The van der Waals surface area contributed by atoms with Gasteiger partial charge < -0.3 is 4.90 Å². The number of likely N-dealkylation sites (tertiary alicyclic amines) is 1. The lowest BCUT2D eigenvalue weighted by Gasteiger charge is -2.36. The van der Waals surface area contributed by atoms with Gasteiger partial charge in [0.15, 0.2) is 0 Å². The lowest BCUT2D eigenvalue weighted by atomic mass is 9.92. The van der Waals surface area contributed by atoms with Crippen molar-refractivity contribution in [2.24, 2.45) is 11.8 Å². The van der Waals surface area contributed by atoms with Gasteiger partial charge in [0.25, 0.3) is 0 Å². The Hall–Kier alpha value is -1.89. The first-order chi connectivity index (χ1) is 11.9. The van der Waals surface area contributed by atoms with Crippen molar-refractivity contribution in [3.05, 3.63) is 29.8 Å². The maximum Gasteiger partial charge on any atom is 0.235 e. The van der Waals surface area contributed by atoms with Gasteiger partial charge in [0.05, 0.1) is 10.9 Å². The summed E-state index contributed by atoms with van der Waals surface area (Å²) in [6.07, 6.45) is 1.19. The smallest absolute Gasteiger partial charge is 0.235 e. The van der Waals surface area contributed by atoms with Crippen LogP contribution >= 0.6 is 11.8 Å². The molecule has 0 saturated carbocycles. The molecule has 0 aliphatic carbocycles. The third-order valence-electron chi connectivity index (χ3n) is 4.53. The van der Waals surface area contributed by atoms with Crippen LogP contribution in [0, 0.1) is 18.8 Å². The summed E-state index contributed by atoms with van der Waals surface area (Å²) in [6.45, 7) is 10.1. The van der Waals surface area contributed by atoms with Gasteiger partial charge in [-0.15, -0.1) is 5.10 Å². The van der Waals surface area contributed by atoms with E-state index in [4.69, 9.17) is 0 Å². The molecule has 25 heavy (non-hydrogen) atoms. The molecular formula is C18H25N5OS. The first kappa shape index (κ1) is 17.9. The van der Waals surface area contributed by atoms with Gasteiger partial charge in [-0.25, -0.2) is 0 Å². The topological polar surface area (TPSA) is 63.9 Å². The molecule has 3 rings (SSSR count). The van der Waals surface area contributed by atoms with Crippen LogP contribution < -0.4 is 0 Å². The SMILES string of the molecule is Cc1ccc(-n2nnnc2S[C@@H](C)C(=O)N2C[C@@H](C)C[C@H](C)C2)cc1. The Bertz CT molecular complexity index is 719. The van der Waals surface area contributed by atoms with Crippen LogP contribution in [0.3, 0.4) is 0 Å². The highest BCUT2D eigenvalue weighted by Crippen LogP contribution is 2.27. The van der Waals surface area contributed by atoms with Crippen LogP contribution in [0.2, 0.25) is 0 Å². The van der Waals surface area contributed by atoms with Crippen molar-refractivity contribution in [1.29, 1.82) is 0 Å². The molecule has 7 heteroatoms. The highest BCUT2D eigenvalue weighted by molar-refractivity contribution is 8.00. The van der Waals surface area contributed by atoms with Gasteiger partial charge in [-0.1, -0.05) is 43.3 Å². The summed E-state index contributed by atoms with van der Waals surface area (Å²) in [7, 11) is 0. The fourth-order valence-electron chi connectivity index (χ4n) is 3.41. The van der Waals surface area contributed by atoms with E-state index in [2.05, 4.69) is 29.4 Å². The number of nitrogens with zero attached hydrogens (tertiary/aromatic N) is 5. The minimum Gasteiger partial charge on any atom is -0.341 e. The third kappa shape index (κ3) is 4.21. The number of hydrogen-bond acceptors (Lipinski definition) is 5. The predicted molar refractivity (Wildman–Crippen MR) is 98.7 cm³/mol. The number of benzene rings is 1. The van der Waals surface area contributed by atoms with Crippen LogP contribution in [-0.2, 0) is 4.79 Å². The Labute approximate surface area is 153 Å². The molecule has 2 heterocycles. The number of piperidine rings is 1. The van der Waals surface area contributed by atoms with E-state index in [1.54, 1.807) is 4.68 Å². The summed E-state index contributed by atoms with van der Waals surface area (Å²) in [5, 5.41) is 12.4. The molecular weight excluding hydrogens is 334 g/mol. The molecule has 0 spiro atoms. The molecule has 1 saturated heterocycles. The number of carbonyl (C=O) groups excluding carboxylic acids is 1. The van der Waals surface area contributed by atoms with Crippen LogP contribution in [0.15, 0.2) is 29.4 Å². The van der Waals surface area contributed by atoms with Gasteiger partial charge in [0.2, 0.25) is 11.1 Å². The summed E-state index contributed by atoms with van der Waals surface area (Å²) < 4.78 is 1.69. The Kier molecular flexibility index (Phi) is 5.42. The lowest BCUT2D eigenvalue weighted by molar-refractivity contribution is -0.132. The molecule has 1 aliphatic rings. The van der Waals surface area contributed by atoms with Crippen LogP contribution in [0.1, 0.15) is 32.8 Å². The molecule has 1 amide bonds. The maximum absolute atomic E-state index is 12.8. The van der Waals surface area contributed by atoms with Crippen molar-refractivity contribution in [3.63, 3.8) is 0 Å². The summed E-state index contributed by atoms with van der Waals surface area (Å²) >= 11 is 1.42. The fraction of sp³-hybridized carbons (Fsp3) is 0.556. The highest BCUT2D eigenvalue weighted by Gasteiger charge is 2.29. The fourth-order valence-corrected chi connectivity index (χ4v) is 4.30. The molecule has 1 aliphatic heterocycles. The van der Waals surface area contributed by atoms with E-state index < -0.39 is 0 Å². The molecule has 1 aromatic carbocycles. The number of thioether (sulfide) groups is 1. The van der Waals surface area contributed by atoms with E-state index in [1.807, 2.05) is 43.0 Å². The van der Waals surface area contributed by atoms with Crippen LogP contribution in [0.25, 0.3) is 5.69 Å². The molecule has 6 nitrogen and oxygen atoms in total. The average Bonchev–Trinajstić information content (AvgIpc) is 3.02. The number of aromatic nitrogens is 4. The predicted octanol–water partition coefficient (Wildman–Crippen LogP) is 2.96. The second-order valence-electron chi connectivity index (χ2n) is 7.16. The van der Waals surface area contributed by atoms with Crippen LogP contribution in [0.5, 0.6) is 0 Å².